The van der Waals surface area contributed by atoms with E-state index >= 15 is 0 Å². The lowest BCUT2D eigenvalue weighted by molar-refractivity contribution is 0.0322. The maximum Gasteiger partial charge on any atom is 0.229 e. The molecule has 1 fully saturated rings. The minimum atomic E-state index is 0.468. The lowest BCUT2D eigenvalue weighted by atomic mass is 10.3. The number of ether oxygens (including phenoxy) is 4. The van der Waals surface area contributed by atoms with Crippen molar-refractivity contribution in [2.24, 2.45) is 0 Å². The van der Waals surface area contributed by atoms with Gasteiger partial charge in [-0.15, -0.1) is 0 Å². The maximum absolute atomic E-state index is 5.87. The molecule has 2 N–H and O–H groups in total. The second kappa shape index (κ2) is 11.3. The van der Waals surface area contributed by atoms with Crippen molar-refractivity contribution in [1.29, 1.82) is 0 Å². The Morgan fingerprint density at radius 1 is 0.909 bits per heavy atom. The quantitative estimate of drug-likeness (QED) is 0.479. The summed E-state index contributed by atoms with van der Waals surface area (Å²) in [5.74, 6) is 3.27. The molecule has 0 atom stereocenters. The smallest absolute Gasteiger partial charge is 0.229 e. The predicted octanol–water partition coefficient (Wildman–Crippen LogP) is 3.69. The van der Waals surface area contributed by atoms with Crippen LogP contribution in [0, 0.1) is 0 Å². The first-order valence-electron chi connectivity index (χ1n) is 10.9. The van der Waals surface area contributed by atoms with Gasteiger partial charge in [-0.25, -0.2) is 4.98 Å². The fraction of sp³-hybridized carbons (Fsp3) is 0.333. The average molecular weight is 452 g/mol. The van der Waals surface area contributed by atoms with Crippen molar-refractivity contribution in [3.8, 4) is 17.2 Å². The summed E-state index contributed by atoms with van der Waals surface area (Å²) in [6.45, 7) is 5.09. The van der Waals surface area contributed by atoms with Gasteiger partial charge in [0, 0.05) is 43.3 Å². The Morgan fingerprint density at radius 3 is 2.42 bits per heavy atom. The van der Waals surface area contributed by atoms with Crippen LogP contribution >= 0.6 is 0 Å². The fourth-order valence-electron chi connectivity index (χ4n) is 3.43. The molecule has 0 unspecified atom stereocenters. The molecule has 9 heteroatoms. The van der Waals surface area contributed by atoms with E-state index in [1.165, 1.54) is 0 Å². The molecule has 1 aliphatic rings. The largest absolute Gasteiger partial charge is 0.493 e. The molecule has 3 aromatic rings. The van der Waals surface area contributed by atoms with Crippen LogP contribution in [0.5, 0.6) is 17.2 Å². The van der Waals surface area contributed by atoms with Crippen LogP contribution in [0.3, 0.4) is 0 Å². The summed E-state index contributed by atoms with van der Waals surface area (Å²) in [6, 6.07) is 15.2. The zero-order valence-corrected chi connectivity index (χ0v) is 18.9. The molecule has 0 spiro atoms. The summed E-state index contributed by atoms with van der Waals surface area (Å²) in [4.78, 5) is 11.2. The number of rotatable bonds is 10. The van der Waals surface area contributed by atoms with Gasteiger partial charge in [0.1, 0.15) is 18.2 Å². The van der Waals surface area contributed by atoms with Crippen molar-refractivity contribution in [2.45, 2.75) is 0 Å². The van der Waals surface area contributed by atoms with E-state index in [1.54, 1.807) is 20.4 Å². The summed E-state index contributed by atoms with van der Waals surface area (Å²) < 4.78 is 21.9. The fourth-order valence-corrected chi connectivity index (χ4v) is 3.43. The van der Waals surface area contributed by atoms with Gasteiger partial charge in [0.05, 0.1) is 27.4 Å². The highest BCUT2D eigenvalue weighted by Crippen LogP contribution is 2.30. The van der Waals surface area contributed by atoms with E-state index < -0.39 is 0 Å². The topological polar surface area (TPSA) is 90.0 Å². The Balaban J connectivity index is 1.31. The minimum Gasteiger partial charge on any atom is -0.493 e. The van der Waals surface area contributed by atoms with Gasteiger partial charge in [-0.2, -0.15) is 4.98 Å². The molecule has 2 heterocycles. The number of benzene rings is 2. The third-order valence-electron chi connectivity index (χ3n) is 5.20. The molecule has 0 aliphatic carbocycles. The van der Waals surface area contributed by atoms with Crippen molar-refractivity contribution in [2.75, 3.05) is 64.3 Å². The van der Waals surface area contributed by atoms with Gasteiger partial charge in [0.25, 0.3) is 0 Å². The normalized spacial score (nSPS) is 13.9. The van der Waals surface area contributed by atoms with Crippen LogP contribution in [0.15, 0.2) is 54.7 Å². The van der Waals surface area contributed by atoms with Gasteiger partial charge in [-0.05, 0) is 42.5 Å². The molecule has 2 aromatic carbocycles. The predicted molar refractivity (Wildman–Crippen MR) is 127 cm³/mol. The Bertz CT molecular complexity index is 1030. The van der Waals surface area contributed by atoms with E-state index in [9.17, 15) is 0 Å². The number of hydrogen-bond donors (Lipinski definition) is 2. The second-order valence-corrected chi connectivity index (χ2v) is 7.41. The van der Waals surface area contributed by atoms with E-state index in [4.69, 9.17) is 18.9 Å². The molecule has 0 saturated carbocycles. The third kappa shape index (κ3) is 6.47. The standard InChI is InChI=1S/C24H29N5O4/c1-30-21-8-5-19(17-22(21)31-2)27-24-25-10-9-23(28-24)26-18-3-6-20(7-4-18)33-16-13-29-11-14-32-15-12-29/h3-10,17H,11-16H2,1-2H3,(H2,25,26,27,28). The zero-order chi connectivity index (χ0) is 22.9. The number of nitrogens with zero attached hydrogens (tertiary/aromatic N) is 3. The first-order chi connectivity index (χ1) is 16.2. The SMILES string of the molecule is COc1ccc(Nc2nccc(Nc3ccc(OCCN4CCOCC4)cc3)n2)cc1OC. The molecular weight excluding hydrogens is 422 g/mol. The summed E-state index contributed by atoms with van der Waals surface area (Å²) in [7, 11) is 3.20. The van der Waals surface area contributed by atoms with E-state index in [0.29, 0.717) is 29.9 Å². The molecule has 1 aliphatic heterocycles. The highest BCUT2D eigenvalue weighted by atomic mass is 16.5. The summed E-state index contributed by atoms with van der Waals surface area (Å²) >= 11 is 0. The van der Waals surface area contributed by atoms with Crippen molar-refractivity contribution in [3.63, 3.8) is 0 Å². The van der Waals surface area contributed by atoms with Crippen molar-refractivity contribution in [3.05, 3.63) is 54.7 Å². The van der Waals surface area contributed by atoms with Crippen LogP contribution < -0.4 is 24.8 Å². The average Bonchev–Trinajstić information content (AvgIpc) is 2.86. The molecule has 0 amide bonds. The number of morpholine rings is 1. The summed E-state index contributed by atoms with van der Waals surface area (Å²) in [6.07, 6.45) is 1.70. The summed E-state index contributed by atoms with van der Waals surface area (Å²) in [5, 5.41) is 6.48. The Labute approximate surface area is 193 Å². The summed E-state index contributed by atoms with van der Waals surface area (Å²) in [5.41, 5.74) is 1.70. The Kier molecular flexibility index (Phi) is 7.78. The van der Waals surface area contributed by atoms with Gasteiger partial charge in [0.15, 0.2) is 11.5 Å². The van der Waals surface area contributed by atoms with Gasteiger partial charge in [-0.3, -0.25) is 4.90 Å². The Morgan fingerprint density at radius 2 is 1.67 bits per heavy atom. The second-order valence-electron chi connectivity index (χ2n) is 7.41. The number of methoxy groups -OCH3 is 2. The molecular formula is C24H29N5O4. The molecule has 4 rings (SSSR count). The van der Waals surface area contributed by atoms with Gasteiger partial charge >= 0.3 is 0 Å². The number of anilines is 4. The van der Waals surface area contributed by atoms with E-state index in [-0.39, 0.29) is 0 Å². The highest BCUT2D eigenvalue weighted by molar-refractivity contribution is 5.62. The molecule has 0 radical (unpaired) electrons. The molecule has 1 aromatic heterocycles. The number of aromatic nitrogens is 2. The maximum atomic E-state index is 5.87. The Hall–Kier alpha value is -3.56. The van der Waals surface area contributed by atoms with Crippen molar-refractivity contribution >= 4 is 23.1 Å². The van der Waals surface area contributed by atoms with Gasteiger partial charge < -0.3 is 29.6 Å². The van der Waals surface area contributed by atoms with Crippen molar-refractivity contribution < 1.29 is 18.9 Å². The lowest BCUT2D eigenvalue weighted by Gasteiger charge is -2.26. The third-order valence-corrected chi connectivity index (χ3v) is 5.20. The number of nitrogens with one attached hydrogen (secondary N) is 2. The minimum absolute atomic E-state index is 0.468. The molecule has 33 heavy (non-hydrogen) atoms. The van der Waals surface area contributed by atoms with E-state index in [0.717, 1.165) is 50.0 Å². The first-order valence-corrected chi connectivity index (χ1v) is 10.9. The van der Waals surface area contributed by atoms with Crippen LogP contribution in [0.1, 0.15) is 0 Å². The molecule has 0 bridgehead atoms. The molecule has 1 saturated heterocycles. The van der Waals surface area contributed by atoms with Crippen molar-refractivity contribution in [1.82, 2.24) is 14.9 Å². The lowest BCUT2D eigenvalue weighted by Crippen LogP contribution is -2.38. The zero-order valence-electron chi connectivity index (χ0n) is 18.9. The van der Waals surface area contributed by atoms with Crippen LogP contribution in [0.2, 0.25) is 0 Å². The van der Waals surface area contributed by atoms with Crippen LogP contribution in [-0.2, 0) is 4.74 Å². The monoisotopic (exact) mass is 451 g/mol. The van der Waals surface area contributed by atoms with E-state index in [1.807, 2.05) is 48.5 Å². The van der Waals surface area contributed by atoms with Gasteiger partial charge in [-0.1, -0.05) is 0 Å². The number of hydrogen-bond acceptors (Lipinski definition) is 9. The van der Waals surface area contributed by atoms with Crippen LogP contribution in [-0.4, -0.2) is 68.5 Å². The molecule has 9 nitrogen and oxygen atoms in total. The highest BCUT2D eigenvalue weighted by Gasteiger charge is 2.10. The van der Waals surface area contributed by atoms with Crippen LogP contribution in [0.25, 0.3) is 0 Å². The van der Waals surface area contributed by atoms with E-state index in [2.05, 4.69) is 25.5 Å². The first kappa shape index (κ1) is 22.6. The van der Waals surface area contributed by atoms with Crippen LogP contribution in [0.4, 0.5) is 23.1 Å². The van der Waals surface area contributed by atoms with Gasteiger partial charge in [0.2, 0.25) is 5.95 Å². The molecule has 174 valence electrons.